The van der Waals surface area contributed by atoms with Crippen molar-refractivity contribution in [2.75, 3.05) is 59.6 Å². The fourth-order valence-corrected chi connectivity index (χ4v) is 2.74. The van der Waals surface area contributed by atoms with E-state index in [1.165, 1.54) is 0 Å². The molecule has 1 amide bonds. The van der Waals surface area contributed by atoms with Crippen molar-refractivity contribution < 1.29 is 61.8 Å². The van der Waals surface area contributed by atoms with E-state index in [4.69, 9.17) is 28.4 Å². The third kappa shape index (κ3) is 12.2. The molecule has 5 atom stereocenters. The number of rotatable bonds is 17. The van der Waals surface area contributed by atoms with Crippen LogP contribution in [0.3, 0.4) is 0 Å². The van der Waals surface area contributed by atoms with Crippen LogP contribution in [-0.2, 0) is 47.4 Å². The summed E-state index contributed by atoms with van der Waals surface area (Å²) in [4.78, 5) is 45.0. The second kappa shape index (κ2) is 16.0. The Morgan fingerprint density at radius 3 is 2.28 bits per heavy atom. The molecular weight excluding hydrogens is 488 g/mol. The van der Waals surface area contributed by atoms with Crippen LogP contribution < -0.4 is 10.6 Å². The van der Waals surface area contributed by atoms with Crippen molar-refractivity contribution in [3.8, 4) is 0 Å². The van der Waals surface area contributed by atoms with Gasteiger partial charge in [-0.15, -0.1) is 0 Å². The highest BCUT2D eigenvalue weighted by molar-refractivity contribution is 5.79. The van der Waals surface area contributed by atoms with E-state index < -0.39 is 36.6 Å². The van der Waals surface area contributed by atoms with Crippen LogP contribution in [0.1, 0.15) is 20.8 Å². The molecular formula is C21H34N2O13. The average Bonchev–Trinajstić information content (AvgIpc) is 3.46. The minimum absolute atomic E-state index is 0.0549. The van der Waals surface area contributed by atoms with Crippen LogP contribution in [0.25, 0.3) is 0 Å². The number of hydrogen-bond acceptors (Lipinski definition) is 14. The van der Waals surface area contributed by atoms with E-state index in [2.05, 4.69) is 24.8 Å². The molecule has 15 nitrogen and oxygen atoms in total. The maximum absolute atomic E-state index is 11.7. The lowest BCUT2D eigenvalue weighted by molar-refractivity contribution is -0.152. The summed E-state index contributed by atoms with van der Waals surface area (Å²) in [5.41, 5.74) is 0. The number of amides is 1. The van der Waals surface area contributed by atoms with E-state index in [1.54, 1.807) is 6.92 Å². The smallest absolute Gasteiger partial charge is 0.447 e. The Morgan fingerprint density at radius 1 is 0.917 bits per heavy atom. The highest BCUT2D eigenvalue weighted by Crippen LogP contribution is 2.08. The largest absolute Gasteiger partial charge is 0.509 e. The maximum atomic E-state index is 11.7. The molecule has 0 aliphatic carbocycles. The van der Waals surface area contributed by atoms with Crippen LogP contribution >= 0.6 is 0 Å². The number of ether oxygens (including phenoxy) is 9. The van der Waals surface area contributed by atoms with E-state index in [1.807, 2.05) is 13.8 Å². The molecule has 15 heteroatoms. The van der Waals surface area contributed by atoms with Gasteiger partial charge in [0, 0.05) is 6.04 Å². The number of carbonyl (C=O) groups is 4. The topological polar surface area (TPSA) is 175 Å². The molecule has 2 rings (SSSR count). The molecule has 0 aromatic carbocycles. The zero-order valence-electron chi connectivity index (χ0n) is 20.6. The summed E-state index contributed by atoms with van der Waals surface area (Å²) in [7, 11) is 0. The first-order valence-corrected chi connectivity index (χ1v) is 11.5. The summed E-state index contributed by atoms with van der Waals surface area (Å²) < 4.78 is 45.1. The molecule has 0 saturated carbocycles. The van der Waals surface area contributed by atoms with E-state index in [9.17, 15) is 19.2 Å². The summed E-state index contributed by atoms with van der Waals surface area (Å²) in [6.07, 6.45) is -4.11. The second-order valence-electron chi connectivity index (χ2n) is 8.12. The number of hydrogen-bond donors (Lipinski definition) is 2. The van der Waals surface area contributed by atoms with Crippen molar-refractivity contribution in [3.63, 3.8) is 0 Å². The van der Waals surface area contributed by atoms with Gasteiger partial charge < -0.3 is 47.9 Å². The Kier molecular flexibility index (Phi) is 13.0. The van der Waals surface area contributed by atoms with Gasteiger partial charge in [0.05, 0.1) is 45.2 Å². The van der Waals surface area contributed by atoms with Crippen LogP contribution in [0, 0.1) is 0 Å². The SMILES string of the molecule is CC(COC(C)COCCOCC(C)NC(=O)OCC1COC(=O)O1)NCOC(=O)C1COC(=O)O1. The van der Waals surface area contributed by atoms with Gasteiger partial charge in [-0.05, 0) is 20.8 Å². The lowest BCUT2D eigenvalue weighted by atomic mass is 10.3. The number of cyclic esters (lactones) is 4. The predicted octanol–water partition coefficient (Wildman–Crippen LogP) is 0.0890. The fraction of sp³-hybridized carbons (Fsp3) is 0.810. The molecule has 0 aromatic rings. The molecule has 36 heavy (non-hydrogen) atoms. The molecule has 206 valence electrons. The van der Waals surface area contributed by atoms with E-state index in [0.29, 0.717) is 26.4 Å². The first-order chi connectivity index (χ1) is 17.2. The standard InChI is InChI=1S/C21H34N2O13/c1-13(22-12-34-18(24)17-11-33-21(27)36-17)7-30-15(3)8-29-5-4-28-6-14(2)23-19(25)31-9-16-10-32-20(26)35-16/h13-17,22H,4-12H2,1-3H3,(H,23,25). The monoisotopic (exact) mass is 522 g/mol. The minimum Gasteiger partial charge on any atom is -0.447 e. The molecule has 0 radical (unpaired) electrons. The quantitative estimate of drug-likeness (QED) is 0.114. The Hall–Kier alpha value is -2.88. The first-order valence-electron chi connectivity index (χ1n) is 11.5. The predicted molar refractivity (Wildman–Crippen MR) is 117 cm³/mol. The lowest BCUT2D eigenvalue weighted by Gasteiger charge is -2.19. The molecule has 0 bridgehead atoms. The third-order valence-corrected chi connectivity index (χ3v) is 4.64. The van der Waals surface area contributed by atoms with Gasteiger partial charge in [0.1, 0.15) is 26.6 Å². The highest BCUT2D eigenvalue weighted by atomic mass is 16.8. The first kappa shape index (κ1) is 29.4. The van der Waals surface area contributed by atoms with Crippen molar-refractivity contribution in [2.24, 2.45) is 0 Å². The Labute approximate surface area is 208 Å². The van der Waals surface area contributed by atoms with Crippen LogP contribution in [-0.4, -0.2) is 114 Å². The van der Waals surface area contributed by atoms with Gasteiger partial charge in [-0.25, -0.2) is 19.2 Å². The van der Waals surface area contributed by atoms with Crippen molar-refractivity contribution >= 4 is 24.4 Å². The zero-order chi connectivity index (χ0) is 26.3. The molecule has 0 aromatic heterocycles. The van der Waals surface area contributed by atoms with Crippen LogP contribution in [0.2, 0.25) is 0 Å². The zero-order valence-corrected chi connectivity index (χ0v) is 20.6. The van der Waals surface area contributed by atoms with E-state index >= 15 is 0 Å². The molecule has 5 unspecified atom stereocenters. The number of carbonyl (C=O) groups excluding carboxylic acids is 4. The third-order valence-electron chi connectivity index (χ3n) is 4.64. The van der Waals surface area contributed by atoms with Gasteiger partial charge in [0.2, 0.25) is 6.10 Å². The van der Waals surface area contributed by atoms with E-state index in [0.717, 1.165) is 0 Å². The summed E-state index contributed by atoms with van der Waals surface area (Å²) in [6.45, 7) is 6.87. The maximum Gasteiger partial charge on any atom is 0.509 e. The number of alkyl carbamates (subject to hydrolysis) is 1. The lowest BCUT2D eigenvalue weighted by Crippen LogP contribution is -2.38. The number of esters is 1. The summed E-state index contributed by atoms with van der Waals surface area (Å²) in [5.74, 6) is -0.681. The van der Waals surface area contributed by atoms with Gasteiger partial charge in [-0.3, -0.25) is 5.32 Å². The minimum atomic E-state index is -1.03. The second-order valence-corrected chi connectivity index (χ2v) is 8.12. The van der Waals surface area contributed by atoms with Crippen molar-refractivity contribution in [1.29, 1.82) is 0 Å². The van der Waals surface area contributed by atoms with Crippen LogP contribution in [0.5, 0.6) is 0 Å². The van der Waals surface area contributed by atoms with Gasteiger partial charge in [0.15, 0.2) is 6.10 Å². The Balaban J connectivity index is 1.39. The number of nitrogens with one attached hydrogen (secondary N) is 2. The van der Waals surface area contributed by atoms with Gasteiger partial charge in [-0.1, -0.05) is 0 Å². The fourth-order valence-electron chi connectivity index (χ4n) is 2.74. The average molecular weight is 523 g/mol. The molecule has 2 saturated heterocycles. The molecule has 2 heterocycles. The van der Waals surface area contributed by atoms with Crippen molar-refractivity contribution in [3.05, 3.63) is 0 Å². The van der Waals surface area contributed by atoms with Crippen LogP contribution in [0.4, 0.5) is 14.4 Å². The van der Waals surface area contributed by atoms with E-state index in [-0.39, 0.29) is 51.3 Å². The molecule has 2 aliphatic heterocycles. The van der Waals surface area contributed by atoms with Gasteiger partial charge in [-0.2, -0.15) is 0 Å². The van der Waals surface area contributed by atoms with Crippen molar-refractivity contribution in [2.45, 2.75) is 51.2 Å². The molecule has 2 fully saturated rings. The molecule has 2 N–H and O–H groups in total. The molecule has 2 aliphatic rings. The van der Waals surface area contributed by atoms with Gasteiger partial charge in [0.25, 0.3) is 0 Å². The molecule has 0 spiro atoms. The Bertz CT molecular complexity index is 722. The Morgan fingerprint density at radius 2 is 1.61 bits per heavy atom. The summed E-state index contributed by atoms with van der Waals surface area (Å²) in [6, 6.07) is -0.398. The van der Waals surface area contributed by atoms with Crippen LogP contribution in [0.15, 0.2) is 0 Å². The summed E-state index contributed by atoms with van der Waals surface area (Å²) >= 11 is 0. The summed E-state index contributed by atoms with van der Waals surface area (Å²) in [5, 5.41) is 5.56. The highest BCUT2D eigenvalue weighted by Gasteiger charge is 2.33. The van der Waals surface area contributed by atoms with Crippen molar-refractivity contribution in [1.82, 2.24) is 10.6 Å². The van der Waals surface area contributed by atoms with Gasteiger partial charge >= 0.3 is 24.4 Å². The normalized spacial score (nSPS) is 21.4.